The van der Waals surface area contributed by atoms with Crippen LogP contribution in [0, 0.1) is 0 Å². The van der Waals surface area contributed by atoms with Crippen molar-refractivity contribution in [2.75, 3.05) is 0 Å². The van der Waals surface area contributed by atoms with Crippen molar-refractivity contribution >= 4 is 0 Å². The van der Waals surface area contributed by atoms with Crippen molar-refractivity contribution in [3.05, 3.63) is 0 Å². The minimum Gasteiger partial charge on any atom is -0.347 e. The fourth-order valence-corrected chi connectivity index (χ4v) is 1.21. The van der Waals surface area contributed by atoms with E-state index in [1.54, 1.807) is 0 Å². The molecule has 0 aliphatic rings. The third kappa shape index (κ3) is 4.97. The quantitative estimate of drug-likeness (QED) is 0.585. The summed E-state index contributed by atoms with van der Waals surface area (Å²) >= 11 is 0. The van der Waals surface area contributed by atoms with Crippen LogP contribution in [0.4, 0.5) is 0 Å². The molecule has 14 heavy (non-hydrogen) atoms. The van der Waals surface area contributed by atoms with E-state index in [4.69, 9.17) is 9.47 Å². The zero-order valence-corrected chi connectivity index (χ0v) is 10.6. The van der Waals surface area contributed by atoms with Gasteiger partial charge in [0.2, 0.25) is 0 Å². The van der Waals surface area contributed by atoms with Crippen molar-refractivity contribution in [3.8, 4) is 0 Å². The highest BCUT2D eigenvalue weighted by molar-refractivity contribution is 4.65. The maximum atomic E-state index is 5.89. The van der Waals surface area contributed by atoms with Gasteiger partial charge in [-0.3, -0.25) is 0 Å². The molecule has 0 spiro atoms. The van der Waals surface area contributed by atoms with Gasteiger partial charge in [0.15, 0.2) is 5.79 Å². The molecule has 0 bridgehead atoms. The summed E-state index contributed by atoms with van der Waals surface area (Å²) in [6.45, 7) is 12.6. The van der Waals surface area contributed by atoms with Crippen LogP contribution in [-0.4, -0.2) is 18.0 Å². The van der Waals surface area contributed by atoms with Crippen LogP contribution in [0.5, 0.6) is 0 Å². The molecule has 0 rings (SSSR count). The molecule has 2 heteroatoms. The first-order chi connectivity index (χ1) is 6.47. The van der Waals surface area contributed by atoms with Crippen LogP contribution in [0.15, 0.2) is 0 Å². The van der Waals surface area contributed by atoms with E-state index in [2.05, 4.69) is 34.6 Å². The smallest absolute Gasteiger partial charge is 0.165 e. The van der Waals surface area contributed by atoms with Crippen LogP contribution >= 0.6 is 0 Å². The largest absolute Gasteiger partial charge is 0.347 e. The highest BCUT2D eigenvalue weighted by Gasteiger charge is 2.27. The molecule has 0 aliphatic heterocycles. The normalized spacial score (nSPS) is 20.1. The third-order valence-corrected chi connectivity index (χ3v) is 2.69. The maximum absolute atomic E-state index is 5.89. The number of hydrogen-bond acceptors (Lipinski definition) is 2. The molecule has 86 valence electrons. The Morgan fingerprint density at radius 2 is 1.29 bits per heavy atom. The second-order valence-corrected chi connectivity index (χ2v) is 4.16. The predicted octanol–water partition coefficient (Wildman–Crippen LogP) is 3.74. The first-order valence-corrected chi connectivity index (χ1v) is 5.83. The fraction of sp³-hybridized carbons (Fsp3) is 1.00. The number of hydrogen-bond donors (Lipinski definition) is 0. The molecule has 2 unspecified atom stereocenters. The highest BCUT2D eigenvalue weighted by Crippen LogP contribution is 2.23. The second-order valence-electron chi connectivity index (χ2n) is 4.16. The highest BCUT2D eigenvalue weighted by atomic mass is 16.7. The van der Waals surface area contributed by atoms with E-state index in [0.717, 1.165) is 19.3 Å². The van der Waals surface area contributed by atoms with Crippen molar-refractivity contribution in [1.29, 1.82) is 0 Å². The van der Waals surface area contributed by atoms with Crippen LogP contribution in [0.3, 0.4) is 0 Å². The van der Waals surface area contributed by atoms with Crippen molar-refractivity contribution < 1.29 is 9.47 Å². The van der Waals surface area contributed by atoms with Gasteiger partial charge in [0.05, 0.1) is 12.2 Å². The van der Waals surface area contributed by atoms with Gasteiger partial charge in [0.25, 0.3) is 0 Å². The Labute approximate surface area is 89.0 Å². The van der Waals surface area contributed by atoms with E-state index < -0.39 is 5.79 Å². The van der Waals surface area contributed by atoms with E-state index in [1.807, 2.05) is 6.92 Å². The first kappa shape index (κ1) is 13.9. The van der Waals surface area contributed by atoms with Crippen LogP contribution in [0.25, 0.3) is 0 Å². The van der Waals surface area contributed by atoms with Crippen LogP contribution in [0.2, 0.25) is 0 Å². The SMILES string of the molecule is CCC(C)OC(C)(CC)OC(C)CC. The van der Waals surface area contributed by atoms with E-state index in [9.17, 15) is 0 Å². The fourth-order valence-electron chi connectivity index (χ4n) is 1.21. The Morgan fingerprint density at radius 1 is 0.929 bits per heavy atom. The summed E-state index contributed by atoms with van der Waals surface area (Å²) in [6.07, 6.45) is 3.48. The van der Waals surface area contributed by atoms with Crippen molar-refractivity contribution in [2.45, 2.75) is 78.8 Å². The zero-order chi connectivity index (χ0) is 11.2. The van der Waals surface area contributed by atoms with Gasteiger partial charge in [-0.25, -0.2) is 0 Å². The van der Waals surface area contributed by atoms with Crippen LogP contribution in [-0.2, 0) is 9.47 Å². The molecule has 0 aromatic heterocycles. The van der Waals surface area contributed by atoms with Gasteiger partial charge in [-0.05, 0) is 40.0 Å². The van der Waals surface area contributed by atoms with Gasteiger partial charge >= 0.3 is 0 Å². The van der Waals surface area contributed by atoms with Gasteiger partial charge in [0, 0.05) is 0 Å². The molecule has 0 N–H and O–H groups in total. The minimum absolute atomic E-state index is 0.268. The van der Waals surface area contributed by atoms with E-state index >= 15 is 0 Å². The summed E-state index contributed by atoms with van der Waals surface area (Å²) in [5.41, 5.74) is 0. The third-order valence-electron chi connectivity index (χ3n) is 2.69. The number of ether oxygens (including phenoxy) is 2. The summed E-state index contributed by atoms with van der Waals surface area (Å²) in [4.78, 5) is 0. The average Bonchev–Trinajstić information content (AvgIpc) is 2.17. The molecule has 0 amide bonds. The maximum Gasteiger partial charge on any atom is 0.165 e. The zero-order valence-electron chi connectivity index (χ0n) is 10.6. The summed E-state index contributed by atoms with van der Waals surface area (Å²) in [6, 6.07) is 0. The lowest BCUT2D eigenvalue weighted by molar-refractivity contribution is -0.264. The van der Waals surface area contributed by atoms with E-state index in [0.29, 0.717) is 0 Å². The Bertz CT molecular complexity index is 133. The molecular weight excluding hydrogens is 176 g/mol. The molecule has 0 heterocycles. The lowest BCUT2D eigenvalue weighted by atomic mass is 10.2. The molecule has 0 saturated heterocycles. The monoisotopic (exact) mass is 202 g/mol. The van der Waals surface area contributed by atoms with Gasteiger partial charge in [-0.2, -0.15) is 0 Å². The van der Waals surface area contributed by atoms with Crippen molar-refractivity contribution in [1.82, 2.24) is 0 Å². The average molecular weight is 202 g/mol. The molecule has 0 aliphatic carbocycles. The van der Waals surface area contributed by atoms with Crippen molar-refractivity contribution in [2.24, 2.45) is 0 Å². The Morgan fingerprint density at radius 3 is 1.50 bits per heavy atom. The Balaban J connectivity index is 4.16. The van der Waals surface area contributed by atoms with Gasteiger partial charge in [-0.1, -0.05) is 20.8 Å². The summed E-state index contributed by atoms with van der Waals surface area (Å²) in [7, 11) is 0. The molecule has 0 aromatic rings. The Kier molecular flexibility index (Phi) is 6.38. The molecule has 2 atom stereocenters. The molecule has 0 fully saturated rings. The standard InChI is InChI=1S/C12H26O2/c1-7-10(4)13-12(6,9-3)14-11(5)8-2/h10-11H,7-9H2,1-6H3. The number of rotatable bonds is 7. The predicted molar refractivity (Wildman–Crippen MR) is 60.4 cm³/mol. The van der Waals surface area contributed by atoms with Gasteiger partial charge in [0.1, 0.15) is 0 Å². The van der Waals surface area contributed by atoms with Crippen LogP contribution in [0.1, 0.15) is 60.8 Å². The molecule has 0 radical (unpaired) electrons. The lowest BCUT2D eigenvalue weighted by Crippen LogP contribution is -2.37. The van der Waals surface area contributed by atoms with E-state index in [1.165, 1.54) is 0 Å². The summed E-state index contributed by atoms with van der Waals surface area (Å²) < 4.78 is 11.8. The van der Waals surface area contributed by atoms with Crippen LogP contribution < -0.4 is 0 Å². The topological polar surface area (TPSA) is 18.5 Å². The lowest BCUT2D eigenvalue weighted by Gasteiger charge is -2.34. The van der Waals surface area contributed by atoms with E-state index in [-0.39, 0.29) is 12.2 Å². The first-order valence-electron chi connectivity index (χ1n) is 5.83. The molecule has 0 aromatic carbocycles. The van der Waals surface area contributed by atoms with Crippen molar-refractivity contribution in [3.63, 3.8) is 0 Å². The minimum atomic E-state index is -0.412. The summed E-state index contributed by atoms with van der Waals surface area (Å²) in [5.74, 6) is -0.412. The van der Waals surface area contributed by atoms with Gasteiger partial charge < -0.3 is 9.47 Å². The molecule has 0 saturated carbocycles. The summed E-state index contributed by atoms with van der Waals surface area (Å²) in [5, 5.41) is 0. The van der Waals surface area contributed by atoms with Gasteiger partial charge in [-0.15, -0.1) is 0 Å². The Hall–Kier alpha value is -0.0800. The molecular formula is C12H26O2. The second kappa shape index (κ2) is 6.41. The molecule has 2 nitrogen and oxygen atoms in total.